The van der Waals surface area contributed by atoms with E-state index in [9.17, 15) is 38.4 Å². The van der Waals surface area contributed by atoms with E-state index in [1.54, 1.807) is 13.8 Å². The van der Waals surface area contributed by atoms with Crippen molar-refractivity contribution in [3.05, 3.63) is 49.6 Å². The first-order chi connectivity index (χ1) is 49.5. The lowest BCUT2D eigenvalue weighted by Crippen LogP contribution is -2.65. The van der Waals surface area contributed by atoms with Gasteiger partial charge in [-0.15, -0.1) is 0 Å². The molecule has 20 aliphatic rings. The fourth-order valence-corrected chi connectivity index (χ4v) is 28.9. The smallest absolute Gasteiger partial charge is 0.344 e. The second-order valence-electron chi connectivity index (χ2n) is 38.9. The van der Waals surface area contributed by atoms with Crippen LogP contribution in [0.3, 0.4) is 0 Å². The van der Waals surface area contributed by atoms with Crippen LogP contribution in [0.15, 0.2) is 49.6 Å². The molecule has 0 saturated heterocycles. The second-order valence-corrected chi connectivity index (χ2v) is 38.9. The van der Waals surface area contributed by atoms with Crippen molar-refractivity contribution in [1.29, 1.82) is 0 Å². The zero-order chi connectivity index (χ0) is 73.8. The lowest BCUT2D eigenvalue weighted by Gasteiger charge is -2.66. The average molecular weight is 1440 g/mol. The summed E-state index contributed by atoms with van der Waals surface area (Å²) >= 11 is 0. The summed E-state index contributed by atoms with van der Waals surface area (Å²) in [6.07, 6.45) is 48.7. The molecular formula is C88H128O16. The van der Waals surface area contributed by atoms with Crippen molar-refractivity contribution in [3.63, 3.8) is 0 Å². The van der Waals surface area contributed by atoms with Crippen LogP contribution in [0.4, 0.5) is 0 Å². The maximum atomic E-state index is 12.8. The fraction of sp³-hybridized carbons (Fsp3) is 0.818. The summed E-state index contributed by atoms with van der Waals surface area (Å²) in [5.74, 6) is 5.43. The number of esters is 8. The Morgan fingerprint density at radius 2 is 0.490 bits per heavy atom. The fourth-order valence-electron chi connectivity index (χ4n) is 28.9. The Labute approximate surface area is 621 Å². The Hall–Kier alpha value is -5.28. The zero-order valence-electron chi connectivity index (χ0n) is 64.5. The maximum absolute atomic E-state index is 12.8. The van der Waals surface area contributed by atoms with Crippen molar-refractivity contribution < 1.29 is 76.3 Å². The number of ether oxygens (including phenoxy) is 8. The number of hydrogen-bond donors (Lipinski definition) is 0. The Kier molecular flexibility index (Phi) is 22.7. The molecule has 16 bridgehead atoms. The molecule has 0 amide bonds. The van der Waals surface area contributed by atoms with Gasteiger partial charge in [0, 0.05) is 70.6 Å². The molecule has 20 rings (SSSR count). The third-order valence-corrected chi connectivity index (χ3v) is 31.1. The van der Waals surface area contributed by atoms with E-state index in [2.05, 4.69) is 54.0 Å². The summed E-state index contributed by atoms with van der Waals surface area (Å²) < 4.78 is 45.4. The quantitative estimate of drug-likeness (QED) is 0.0630. The van der Waals surface area contributed by atoms with Crippen molar-refractivity contribution in [2.45, 2.75) is 308 Å². The molecule has 576 valence electrons. The van der Waals surface area contributed by atoms with Gasteiger partial charge in [0.15, 0.2) is 26.4 Å². The summed E-state index contributed by atoms with van der Waals surface area (Å²) in [6.45, 7) is 25.7. The van der Waals surface area contributed by atoms with Crippen molar-refractivity contribution in [1.82, 2.24) is 0 Å². The molecule has 20 aliphatic carbocycles. The van der Waals surface area contributed by atoms with Crippen LogP contribution in [-0.4, -0.2) is 96.6 Å². The van der Waals surface area contributed by atoms with Gasteiger partial charge in [0.2, 0.25) is 0 Å². The minimum Gasteiger partial charge on any atom is -0.456 e. The Bertz CT molecular complexity index is 3190. The van der Waals surface area contributed by atoms with Crippen LogP contribution in [0, 0.1) is 116 Å². The van der Waals surface area contributed by atoms with Crippen LogP contribution in [0.5, 0.6) is 0 Å². The van der Waals surface area contributed by atoms with Crippen molar-refractivity contribution in [2.75, 3.05) is 26.4 Å². The predicted octanol–water partition coefficient (Wildman–Crippen LogP) is 17.7. The molecule has 8 unspecified atom stereocenters. The second kappa shape index (κ2) is 30.6. The van der Waals surface area contributed by atoms with Gasteiger partial charge in [-0.2, -0.15) is 0 Å². The number of carbonyl (C=O) groups is 8. The molecule has 16 nitrogen and oxygen atoms in total. The maximum Gasteiger partial charge on any atom is 0.344 e. The van der Waals surface area contributed by atoms with Crippen LogP contribution in [0.2, 0.25) is 0 Å². The lowest BCUT2D eigenvalue weighted by molar-refractivity contribution is -0.247. The molecule has 0 N–H and O–H groups in total. The van der Waals surface area contributed by atoms with Gasteiger partial charge in [-0.25, -0.2) is 38.4 Å². The molecule has 20 fully saturated rings. The summed E-state index contributed by atoms with van der Waals surface area (Å²) in [4.78, 5) is 96.6. The van der Waals surface area contributed by atoms with E-state index in [0.717, 1.165) is 35.8 Å². The predicted molar refractivity (Wildman–Crippen MR) is 393 cm³/mol. The summed E-state index contributed by atoms with van der Waals surface area (Å²) in [7, 11) is 0. The van der Waals surface area contributed by atoms with E-state index >= 15 is 0 Å². The van der Waals surface area contributed by atoms with Crippen LogP contribution in [0.25, 0.3) is 0 Å². The molecule has 0 radical (unpaired) electrons. The third-order valence-electron chi connectivity index (χ3n) is 31.1. The van der Waals surface area contributed by atoms with Gasteiger partial charge < -0.3 is 37.9 Å². The van der Waals surface area contributed by atoms with E-state index in [1.807, 2.05) is 0 Å². The largest absolute Gasteiger partial charge is 0.456 e. The van der Waals surface area contributed by atoms with E-state index in [1.165, 1.54) is 244 Å². The van der Waals surface area contributed by atoms with Gasteiger partial charge in [0.25, 0.3) is 0 Å². The molecule has 0 spiro atoms. The lowest BCUT2D eigenvalue weighted by atomic mass is 9.42. The van der Waals surface area contributed by atoms with Gasteiger partial charge in [-0.3, -0.25) is 0 Å². The Morgan fingerprint density at radius 3 is 0.673 bits per heavy atom. The minimum absolute atomic E-state index is 0.291. The first kappa shape index (κ1) is 76.9. The summed E-state index contributed by atoms with van der Waals surface area (Å²) in [5.41, 5.74) is 1.16. The highest BCUT2D eigenvalue weighted by molar-refractivity contribution is 5.89. The highest BCUT2D eigenvalue weighted by Crippen LogP contribution is 2.72. The third kappa shape index (κ3) is 15.3. The zero-order valence-corrected chi connectivity index (χ0v) is 64.5. The molecule has 0 aromatic heterocycles. The van der Waals surface area contributed by atoms with Gasteiger partial charge in [-0.1, -0.05) is 118 Å². The van der Waals surface area contributed by atoms with Crippen molar-refractivity contribution >= 4 is 47.8 Å². The highest BCUT2D eigenvalue weighted by atomic mass is 16.6. The van der Waals surface area contributed by atoms with Gasteiger partial charge >= 0.3 is 47.8 Å². The highest BCUT2D eigenvalue weighted by Gasteiger charge is 2.70. The SMILES string of the molecule is C=C(C)C(=O)OCC(=O)OC1(C2CCCC2)C2CC3CC1CC(C)(C3)C2.C=C(C)C(=O)OCC(=O)OC1(C2CCCCC2)C2CC3CC1CC(C)(C3)C2.C=CC(=O)OCC(=O)OC1(C2CCCC2)C2CC3CC1CC(C)(C3)C2.C=CC(=O)OCC(=O)OC1(C2CCCCC2)C2CC3CC1CC(C)(C3)C2. The standard InChI is InChI=1S/C23H34O4.2C22H32O4.C21H30O4/c1-15(2)21(25)26-14-20(24)27-23(17-7-5-4-6-8-17)18-9-16-10-19(23)13-22(3,11-16)12-18;1-14(2)20(24)25-13-19(23)26-22(16-6-4-5-7-16)17-8-15-9-18(22)12-21(3,10-15)11-17;1-3-19(23)25-14-20(24)26-22(16-7-5-4-6-8-16)17-9-15-10-18(22)13-21(2,11-15)12-17;1-3-18(22)24-13-19(23)25-21(15-6-4-5-7-15)16-8-14-9-17(21)12-20(2,10-14)11-16/h16-19H,1,4-14H2,2-3H3;15-18H,1,4-13H2,2-3H3;3,15-18H,1,4-14H2,2H3;3,14-17H,1,4-13H2,2H3. The molecule has 104 heavy (non-hydrogen) atoms. The normalized spacial score (nSPS) is 41.4. The molecule has 0 aromatic carbocycles. The van der Waals surface area contributed by atoms with Crippen LogP contribution in [0.1, 0.15) is 286 Å². The molecule has 0 aliphatic heterocycles. The number of hydrogen-bond acceptors (Lipinski definition) is 16. The monoisotopic (exact) mass is 1440 g/mol. The van der Waals surface area contributed by atoms with E-state index in [-0.39, 0.29) is 72.7 Å². The number of carbonyl (C=O) groups excluding carboxylic acids is 8. The van der Waals surface area contributed by atoms with Gasteiger partial charge in [0.05, 0.1) is 0 Å². The average Bonchev–Trinajstić information content (AvgIpc) is 0.934. The van der Waals surface area contributed by atoms with Crippen LogP contribution in [-0.2, 0) is 76.3 Å². The molecular weight excluding hydrogens is 1310 g/mol. The molecule has 20 saturated carbocycles. The topological polar surface area (TPSA) is 210 Å². The summed E-state index contributed by atoms with van der Waals surface area (Å²) in [5, 5.41) is 0. The molecule has 0 aromatic rings. The summed E-state index contributed by atoms with van der Waals surface area (Å²) in [6, 6.07) is 0. The Morgan fingerprint density at radius 1 is 0.298 bits per heavy atom. The molecule has 0 heterocycles. The molecule has 16 heteroatoms. The first-order valence-corrected chi connectivity index (χ1v) is 41.7. The van der Waals surface area contributed by atoms with Crippen LogP contribution < -0.4 is 0 Å². The first-order valence-electron chi connectivity index (χ1n) is 41.7. The van der Waals surface area contributed by atoms with Gasteiger partial charge in [-0.05, 0) is 263 Å². The molecule has 8 atom stereocenters. The Balaban J connectivity index is 0.000000123. The number of rotatable bonds is 20. The van der Waals surface area contributed by atoms with Crippen molar-refractivity contribution in [2.24, 2.45) is 116 Å². The van der Waals surface area contributed by atoms with E-state index < -0.39 is 23.9 Å². The van der Waals surface area contributed by atoms with Crippen molar-refractivity contribution in [3.8, 4) is 0 Å². The van der Waals surface area contributed by atoms with Gasteiger partial charge in [0.1, 0.15) is 22.4 Å². The van der Waals surface area contributed by atoms with E-state index in [4.69, 9.17) is 37.9 Å². The minimum atomic E-state index is -0.565. The van der Waals surface area contributed by atoms with E-state index in [0.29, 0.717) is 104 Å². The van der Waals surface area contributed by atoms with Crippen LogP contribution >= 0.6 is 0 Å².